The summed E-state index contributed by atoms with van der Waals surface area (Å²) in [5.41, 5.74) is 0. The number of nitrogens with one attached hydrogen (secondary N) is 2. The molecule has 0 bridgehead atoms. The lowest BCUT2D eigenvalue weighted by molar-refractivity contribution is -0.145. The average molecular weight is 1310 g/mol. The van der Waals surface area contributed by atoms with E-state index < -0.39 is 54.4 Å². The lowest BCUT2D eigenvalue weighted by atomic mass is 10.0. The van der Waals surface area contributed by atoms with Gasteiger partial charge in [0.1, 0.15) is 50.8 Å². The van der Waals surface area contributed by atoms with Crippen molar-refractivity contribution in [2.75, 3.05) is 71.0 Å². The Morgan fingerprint density at radius 3 is 1.90 bits per heavy atom. The maximum atomic E-state index is 12.9. The van der Waals surface area contributed by atoms with Crippen LogP contribution in [0.4, 0.5) is 13.6 Å². The number of amides is 3. The number of ether oxygens (including phenoxy) is 6. The zero-order valence-electron chi connectivity index (χ0n) is 51.6. The van der Waals surface area contributed by atoms with Crippen LogP contribution in [0.1, 0.15) is 154 Å². The zero-order chi connectivity index (χ0) is 66.4. The number of hydrogen-bond acceptors (Lipinski definition) is 16. The summed E-state index contributed by atoms with van der Waals surface area (Å²) in [5, 5.41) is 57.0. The van der Waals surface area contributed by atoms with Crippen molar-refractivity contribution in [1.82, 2.24) is 15.5 Å². The van der Waals surface area contributed by atoms with Crippen LogP contribution in [-0.4, -0.2) is 214 Å². The predicted molar refractivity (Wildman–Crippen MR) is 332 cm³/mol. The van der Waals surface area contributed by atoms with Crippen molar-refractivity contribution in [3.63, 3.8) is 0 Å². The fourth-order valence-electron chi connectivity index (χ4n) is 9.34. The molecular weight excluding hydrogens is 1220 g/mol. The SMILES string of the molecule is CO[C@H]1C#CCCN(C(=O)CCCC(=O)O)C[C@@H]1OC.O=C(O)CCCC[C@@H]1SC[C@@H]2NC(=O)N[C@@H]21.O=C(O)COC1C#CCCCCC1.O=C(O)COC1C#CCCCSC1.O=C(O)COC1CC/C=C/CCC1.O=C(O)COC1CCC#CC(F)(F)CC1. The van der Waals surface area contributed by atoms with E-state index in [4.69, 9.17) is 59.1 Å². The second-order valence-corrected chi connectivity index (χ2v) is 23.8. The molecule has 23 nitrogen and oxygen atoms in total. The lowest BCUT2D eigenvalue weighted by Gasteiger charge is -2.30. The summed E-state index contributed by atoms with van der Waals surface area (Å²) in [6.07, 6.45) is 20.0. The van der Waals surface area contributed by atoms with Gasteiger partial charge in [-0.2, -0.15) is 32.3 Å². The summed E-state index contributed by atoms with van der Waals surface area (Å²) < 4.78 is 56.7. The van der Waals surface area contributed by atoms with E-state index in [1.165, 1.54) is 6.42 Å². The Bertz CT molecular complexity index is 2450. The molecule has 7 aliphatic rings. The van der Waals surface area contributed by atoms with Gasteiger partial charge in [0.15, 0.2) is 0 Å². The van der Waals surface area contributed by atoms with Crippen LogP contribution in [0.5, 0.6) is 0 Å². The minimum absolute atomic E-state index is 0.00773. The number of methoxy groups -OCH3 is 2. The molecule has 0 saturated carbocycles. The minimum atomic E-state index is -2.97. The highest BCUT2D eigenvalue weighted by molar-refractivity contribution is 8.00. The van der Waals surface area contributed by atoms with Gasteiger partial charge in [0.2, 0.25) is 5.91 Å². The molecule has 0 aromatic heterocycles. The number of carboxylic acid groups (broad SMARTS) is 6. The summed E-state index contributed by atoms with van der Waals surface area (Å²) in [6, 6.07) is 0.440. The molecule has 504 valence electrons. The summed E-state index contributed by atoms with van der Waals surface area (Å²) >= 11 is 3.64. The van der Waals surface area contributed by atoms with Gasteiger partial charge in [0.05, 0.1) is 30.8 Å². The first-order valence-corrected chi connectivity index (χ1v) is 32.7. The van der Waals surface area contributed by atoms with E-state index in [9.17, 15) is 47.1 Å². The standard InChI is InChI=1S/C14H21NO5.C10H12F2O3.C10H16N2O3S.C10H16O3.C10H14O3.C9H12O3S/c1-19-11-6-3-4-9-15(10-12(11)20-2)13(16)7-5-8-14(17)18;11-10(12)5-2-1-3-8(4-6-10)15-7-9(13)14;13-8(14)4-2-1-3-7-9-6(5-16-7)11-10(15)12-9;2*11-10(12)8-13-9-6-4-2-1-3-5-7-9;10-9(11)6-12-8-4-2-1-3-5-13-7-8/h11-12H,4-5,7-10H2,1-2H3,(H,17,18);8H,1,3-4,6-7H2,(H,13,14);6-7,9H,1-5H2,(H,13,14)(H2,11,12,15);1-2,9H,3-8H2,(H,11,12);9H,1-4,6,8H2,(H,11,12);8H,1,3,5-7H2,(H,10,11)/b;;;2-1+;;/t11-,12-;;6-,7-,9-;;;/m0.0.../s1. The molecule has 2 fully saturated rings. The first-order chi connectivity index (χ1) is 43.1. The molecule has 3 amide bonds. The second-order valence-electron chi connectivity index (χ2n) is 21.4. The molecule has 4 aliphatic heterocycles. The van der Waals surface area contributed by atoms with Gasteiger partial charge in [-0.3, -0.25) is 14.4 Å². The predicted octanol–water partition coefficient (Wildman–Crippen LogP) is 7.36. The number of carbonyl (C=O) groups excluding carboxylic acids is 2. The van der Waals surface area contributed by atoms with Gasteiger partial charge < -0.3 is 74.6 Å². The Labute approximate surface area is 535 Å². The third-order valence-electron chi connectivity index (χ3n) is 14.0. The van der Waals surface area contributed by atoms with Crippen molar-refractivity contribution < 1.29 is 106 Å². The number of aliphatic carboxylic acids is 6. The Kier molecular flexibility index (Phi) is 43.2. The van der Waals surface area contributed by atoms with Gasteiger partial charge >= 0.3 is 47.8 Å². The number of hydrogen-bond donors (Lipinski definition) is 8. The molecule has 7 rings (SSSR count). The van der Waals surface area contributed by atoms with E-state index >= 15 is 0 Å². The monoisotopic (exact) mass is 1310 g/mol. The molecule has 0 spiro atoms. The zero-order valence-corrected chi connectivity index (χ0v) is 53.2. The number of alkyl halides is 2. The summed E-state index contributed by atoms with van der Waals surface area (Å²) in [7, 11) is 3.12. The normalized spacial score (nSPS) is 25.0. The van der Waals surface area contributed by atoms with Crippen molar-refractivity contribution in [2.45, 2.75) is 214 Å². The van der Waals surface area contributed by atoms with Crippen LogP contribution >= 0.6 is 23.5 Å². The first-order valence-electron chi connectivity index (χ1n) is 30.5. The highest BCUT2D eigenvalue weighted by Gasteiger charge is 2.42. The third-order valence-corrected chi connectivity index (χ3v) is 16.6. The van der Waals surface area contributed by atoms with Gasteiger partial charge in [0.25, 0.3) is 0 Å². The fraction of sp³-hybridized carbons (Fsp3) is 0.714. The van der Waals surface area contributed by atoms with Gasteiger partial charge in [0, 0.05) is 88.9 Å². The Morgan fingerprint density at radius 1 is 0.611 bits per heavy atom. The van der Waals surface area contributed by atoms with Crippen molar-refractivity contribution in [2.24, 2.45) is 0 Å². The number of nitrogens with zero attached hydrogens (tertiary/aromatic N) is 1. The van der Waals surface area contributed by atoms with Crippen LogP contribution in [0.3, 0.4) is 0 Å². The molecule has 27 heteroatoms. The molecule has 4 unspecified atom stereocenters. The van der Waals surface area contributed by atoms with Crippen molar-refractivity contribution in [1.29, 1.82) is 0 Å². The lowest BCUT2D eigenvalue weighted by Crippen LogP contribution is -2.44. The Morgan fingerprint density at radius 2 is 1.23 bits per heavy atom. The van der Waals surface area contributed by atoms with Crippen LogP contribution in [-0.2, 0) is 62.0 Å². The first kappa shape index (κ1) is 80.0. The largest absolute Gasteiger partial charge is 0.481 e. The van der Waals surface area contributed by atoms with E-state index in [0.717, 1.165) is 107 Å². The Balaban J connectivity index is 0.000000371. The van der Waals surface area contributed by atoms with Gasteiger partial charge in [-0.05, 0) is 102 Å². The average Bonchev–Trinajstić information content (AvgIpc) is 2.76. The number of halogens is 2. The van der Waals surface area contributed by atoms with E-state index in [0.29, 0.717) is 44.0 Å². The minimum Gasteiger partial charge on any atom is -0.481 e. The fourth-order valence-corrected chi connectivity index (χ4v) is 11.8. The number of allylic oxidation sites excluding steroid dienone is 2. The van der Waals surface area contributed by atoms with E-state index in [1.807, 2.05) is 17.7 Å². The van der Waals surface area contributed by atoms with Crippen LogP contribution in [0.15, 0.2) is 12.2 Å². The van der Waals surface area contributed by atoms with Crippen molar-refractivity contribution >= 4 is 71.3 Å². The maximum absolute atomic E-state index is 12.9. The second kappa shape index (κ2) is 48.6. The third kappa shape index (κ3) is 40.6. The molecule has 0 radical (unpaired) electrons. The van der Waals surface area contributed by atoms with Gasteiger partial charge in [-0.15, -0.1) is 11.8 Å². The molecule has 3 aliphatic carbocycles. The van der Waals surface area contributed by atoms with Crippen LogP contribution in [0.2, 0.25) is 0 Å². The van der Waals surface area contributed by atoms with Gasteiger partial charge in [-0.1, -0.05) is 54.6 Å². The molecular formula is C63H91F2N3O20S2. The maximum Gasteiger partial charge on any atom is 0.329 e. The molecule has 90 heavy (non-hydrogen) atoms. The number of carboxylic acids is 6. The molecule has 0 aromatic carbocycles. The topological polar surface area (TPSA) is 341 Å². The van der Waals surface area contributed by atoms with Crippen LogP contribution in [0.25, 0.3) is 0 Å². The van der Waals surface area contributed by atoms with E-state index in [1.54, 1.807) is 30.9 Å². The van der Waals surface area contributed by atoms with Crippen molar-refractivity contribution in [3.05, 3.63) is 12.2 Å². The van der Waals surface area contributed by atoms with Gasteiger partial charge in [-0.25, -0.2) is 24.0 Å². The van der Waals surface area contributed by atoms with E-state index in [-0.39, 0.29) is 106 Å². The Hall–Kier alpha value is -6.14. The molecule has 0 aromatic rings. The number of rotatable bonds is 23. The van der Waals surface area contributed by atoms with Crippen molar-refractivity contribution in [3.8, 4) is 47.4 Å². The number of unbranched alkanes of at least 4 members (excludes halogenated alkanes) is 1. The van der Waals surface area contributed by atoms with E-state index in [2.05, 4.69) is 64.2 Å². The molecule has 8 N–H and O–H groups in total. The highest BCUT2D eigenvalue weighted by atomic mass is 32.2. The summed E-state index contributed by atoms with van der Waals surface area (Å²) in [4.78, 5) is 86.6. The number of urea groups is 1. The highest BCUT2D eigenvalue weighted by Crippen LogP contribution is 2.33. The molecule has 9 atom stereocenters. The number of fused-ring (bicyclic) bond motifs is 1. The molecule has 4 heterocycles. The number of thioether (sulfide) groups is 2. The smallest absolute Gasteiger partial charge is 0.329 e. The summed E-state index contributed by atoms with van der Waals surface area (Å²) in [5.74, 6) is 16.4. The quantitative estimate of drug-likeness (QED) is 0.0214. The molecule has 2 saturated heterocycles. The number of carbonyl (C=O) groups is 8. The summed E-state index contributed by atoms with van der Waals surface area (Å²) in [6.45, 7) is -0.137. The van der Waals surface area contributed by atoms with Crippen LogP contribution in [0, 0.1) is 47.4 Å². The van der Waals surface area contributed by atoms with Crippen LogP contribution < -0.4 is 10.6 Å².